The van der Waals surface area contributed by atoms with Crippen LogP contribution in [0.5, 0.6) is 0 Å². The van der Waals surface area contributed by atoms with Gasteiger partial charge in [-0.25, -0.2) is 9.97 Å². The summed E-state index contributed by atoms with van der Waals surface area (Å²) in [5.41, 5.74) is 9.02. The monoisotopic (exact) mass is 707 g/mol. The molecular formula is C37H24BrN5NiO2. The molecular weight excluding hydrogens is 685 g/mol. The van der Waals surface area contributed by atoms with E-state index in [0.29, 0.717) is 27.6 Å². The molecule has 5 aromatic rings. The summed E-state index contributed by atoms with van der Waals surface area (Å²) < 4.78 is 6.10. The summed E-state index contributed by atoms with van der Waals surface area (Å²) in [6.45, 7) is 1.86. The van der Waals surface area contributed by atoms with E-state index in [-0.39, 0.29) is 23.1 Å². The molecule has 3 aromatic heterocycles. The van der Waals surface area contributed by atoms with Crippen molar-refractivity contribution < 1.29 is 26.0 Å². The Balaban J connectivity index is 0.00000372. The number of halogens is 1. The zero-order valence-corrected chi connectivity index (χ0v) is 27.0. The van der Waals surface area contributed by atoms with Crippen LogP contribution in [0.25, 0.3) is 68.6 Å². The van der Waals surface area contributed by atoms with Gasteiger partial charge >= 0.3 is 22.5 Å². The van der Waals surface area contributed by atoms with Crippen molar-refractivity contribution in [2.45, 2.75) is 12.8 Å². The second kappa shape index (κ2) is 13.1. The zero-order chi connectivity index (χ0) is 30.9. The minimum atomic E-state index is -1.24. The van der Waals surface area contributed by atoms with Crippen LogP contribution in [0.1, 0.15) is 41.2 Å². The van der Waals surface area contributed by atoms with Crippen molar-refractivity contribution in [1.82, 2.24) is 19.9 Å². The van der Waals surface area contributed by atoms with Gasteiger partial charge in [-0.3, -0.25) is 4.79 Å². The van der Waals surface area contributed by atoms with Gasteiger partial charge in [-0.05, 0) is 75.0 Å². The van der Waals surface area contributed by atoms with Crippen LogP contribution < -0.4 is 9.97 Å². The summed E-state index contributed by atoms with van der Waals surface area (Å²) in [7, 11) is 0. The molecule has 0 fully saturated rings. The maximum absolute atomic E-state index is 13.2. The van der Waals surface area contributed by atoms with E-state index >= 15 is 0 Å². The Labute approximate surface area is 283 Å². The molecule has 8 bridgehead atoms. The maximum atomic E-state index is 13.2. The van der Waals surface area contributed by atoms with Crippen molar-refractivity contribution in [2.75, 3.05) is 6.61 Å². The minimum Gasteiger partial charge on any atom is -0.657 e. The number of carbonyl (C=O) groups excluding carboxylic acids is 1. The Morgan fingerprint density at radius 2 is 1.17 bits per heavy atom. The standard InChI is InChI=1S/C37H24BrN5O2.Ni/c1-2-45-37(44)24(21-39)35-29-15-13-25(40-29)33(22-9-5-3-6-10-22)27-17-19-31(42-27)36(38)32-20-18-28(43-32)34(23-11-7-4-8-12-23)26-14-16-30(35)41-26;/h3-20,24H,2H2,1H3;/q-2;+2. The van der Waals surface area contributed by atoms with E-state index in [0.717, 1.165) is 49.5 Å². The summed E-state index contributed by atoms with van der Waals surface area (Å²) in [6.07, 6.45) is 7.83. The number of rotatable bonds is 5. The molecule has 2 aliphatic rings. The number of fused-ring (bicyclic) bond motifs is 8. The van der Waals surface area contributed by atoms with Gasteiger partial charge in [-0.15, -0.1) is 22.1 Å². The Hall–Kier alpha value is -5.03. The summed E-state index contributed by atoms with van der Waals surface area (Å²) >= 11 is 3.77. The summed E-state index contributed by atoms with van der Waals surface area (Å²) in [4.78, 5) is 33.2. The van der Waals surface area contributed by atoms with Crippen LogP contribution in [0.2, 0.25) is 0 Å². The Morgan fingerprint density at radius 3 is 1.61 bits per heavy atom. The fraction of sp³-hybridized carbons (Fsp3) is 0.0811. The van der Waals surface area contributed by atoms with Crippen LogP contribution in [0.15, 0.2) is 89.4 Å². The SMILES string of the molecule is CCOC(=O)C(C#N)c1c2ccc([n-]2)c(-c2ccccc2)c2nc(c(Br)c3nc(c(-c4ccccc4)c4ccc1[n-]4)C=C3)C=C2.[Ni+2]. The molecule has 0 amide bonds. The molecule has 226 valence electrons. The Kier molecular flexibility index (Phi) is 8.85. The molecule has 7 nitrogen and oxygen atoms in total. The predicted molar refractivity (Wildman–Crippen MR) is 180 cm³/mol. The summed E-state index contributed by atoms with van der Waals surface area (Å²) in [6, 6.07) is 29.4. The molecule has 0 saturated carbocycles. The number of aromatic nitrogens is 4. The third-order valence-electron chi connectivity index (χ3n) is 7.65. The fourth-order valence-electron chi connectivity index (χ4n) is 5.63. The van der Waals surface area contributed by atoms with Crippen molar-refractivity contribution in [3.63, 3.8) is 0 Å². The van der Waals surface area contributed by atoms with E-state index < -0.39 is 11.9 Å². The maximum Gasteiger partial charge on any atom is 2.00 e. The van der Waals surface area contributed by atoms with E-state index in [2.05, 4.69) is 22.0 Å². The number of ether oxygens (including phenoxy) is 1. The zero-order valence-electron chi connectivity index (χ0n) is 24.4. The number of nitriles is 1. The molecule has 2 aliphatic heterocycles. The largest absolute Gasteiger partial charge is 2.00 e. The van der Waals surface area contributed by atoms with Gasteiger partial charge in [0.25, 0.3) is 0 Å². The molecule has 46 heavy (non-hydrogen) atoms. The second-order valence-corrected chi connectivity index (χ2v) is 11.2. The number of nitrogens with zero attached hydrogens (tertiary/aromatic N) is 5. The number of hydrogen-bond donors (Lipinski definition) is 0. The number of benzene rings is 2. The third-order valence-corrected chi connectivity index (χ3v) is 8.46. The molecule has 5 heterocycles. The van der Waals surface area contributed by atoms with Crippen molar-refractivity contribution >= 4 is 68.3 Å². The number of esters is 1. The smallest absolute Gasteiger partial charge is 0.657 e. The fourth-order valence-corrected chi connectivity index (χ4v) is 6.07. The molecule has 0 aliphatic carbocycles. The van der Waals surface area contributed by atoms with Gasteiger partial charge in [0.15, 0.2) is 5.92 Å². The van der Waals surface area contributed by atoms with Crippen LogP contribution in [0.4, 0.5) is 0 Å². The molecule has 0 radical (unpaired) electrons. The topological polar surface area (TPSA) is 104 Å². The van der Waals surface area contributed by atoms with E-state index in [1.807, 2.05) is 109 Å². The molecule has 1 atom stereocenters. The van der Waals surface area contributed by atoms with Crippen molar-refractivity contribution in [2.24, 2.45) is 0 Å². The van der Waals surface area contributed by atoms with Crippen LogP contribution in [0.3, 0.4) is 0 Å². The number of carbonyl (C=O) groups is 1. The Bertz CT molecular complexity index is 2090. The molecule has 0 N–H and O–H groups in total. The van der Waals surface area contributed by atoms with Crippen molar-refractivity contribution in [3.05, 3.63) is 118 Å². The second-order valence-electron chi connectivity index (χ2n) is 10.4. The first-order valence-corrected chi connectivity index (χ1v) is 15.2. The quantitative estimate of drug-likeness (QED) is 0.131. The number of hydrogen-bond acceptors (Lipinski definition) is 5. The van der Waals surface area contributed by atoms with E-state index in [4.69, 9.17) is 24.7 Å². The van der Waals surface area contributed by atoms with Gasteiger partial charge in [-0.1, -0.05) is 84.9 Å². The van der Waals surface area contributed by atoms with Crippen LogP contribution in [0, 0.1) is 11.3 Å². The first-order chi connectivity index (χ1) is 22.1. The average molecular weight is 709 g/mol. The predicted octanol–water partition coefficient (Wildman–Crippen LogP) is 8.18. The van der Waals surface area contributed by atoms with Gasteiger partial charge in [0.2, 0.25) is 0 Å². The van der Waals surface area contributed by atoms with Gasteiger partial charge in [0.1, 0.15) is 0 Å². The Morgan fingerprint density at radius 1 is 0.739 bits per heavy atom. The summed E-state index contributed by atoms with van der Waals surface area (Å²) in [5, 5.41) is 10.3. The van der Waals surface area contributed by atoms with Gasteiger partial charge in [0, 0.05) is 0 Å². The van der Waals surface area contributed by atoms with Gasteiger partial charge in [0.05, 0.1) is 39.9 Å². The van der Waals surface area contributed by atoms with Crippen LogP contribution >= 0.6 is 15.9 Å². The van der Waals surface area contributed by atoms with Crippen LogP contribution in [-0.4, -0.2) is 22.5 Å². The van der Waals surface area contributed by atoms with E-state index in [1.165, 1.54) is 0 Å². The molecule has 2 aromatic carbocycles. The van der Waals surface area contributed by atoms with Crippen LogP contribution in [-0.2, 0) is 26.0 Å². The first-order valence-electron chi connectivity index (χ1n) is 14.4. The van der Waals surface area contributed by atoms with Gasteiger partial charge in [-0.2, -0.15) is 5.26 Å². The van der Waals surface area contributed by atoms with E-state index in [9.17, 15) is 10.1 Å². The third kappa shape index (κ3) is 5.62. The minimum absolute atomic E-state index is 0. The first kappa shape index (κ1) is 31.0. The molecule has 9 heteroatoms. The van der Waals surface area contributed by atoms with Gasteiger partial charge < -0.3 is 14.7 Å². The molecule has 0 spiro atoms. The molecule has 1 unspecified atom stereocenters. The van der Waals surface area contributed by atoms with Crippen molar-refractivity contribution in [3.8, 4) is 28.3 Å². The molecule has 0 saturated heterocycles. The molecule has 7 rings (SSSR count). The van der Waals surface area contributed by atoms with Crippen molar-refractivity contribution in [1.29, 1.82) is 5.26 Å². The summed E-state index contributed by atoms with van der Waals surface area (Å²) in [5.74, 6) is -1.89. The average Bonchev–Trinajstić information content (AvgIpc) is 3.89. The normalized spacial score (nSPS) is 12.3. The van der Waals surface area contributed by atoms with E-state index in [1.54, 1.807) is 6.92 Å².